The Bertz CT molecular complexity index is 259. The van der Waals surface area contributed by atoms with Gasteiger partial charge in [0.25, 0.3) is 0 Å². The third-order valence-corrected chi connectivity index (χ3v) is 8.61. The Labute approximate surface area is 131 Å². The van der Waals surface area contributed by atoms with Crippen molar-refractivity contribution < 1.29 is 19.0 Å². The first kappa shape index (κ1) is 20.6. The molecule has 0 aromatic heterocycles. The van der Waals surface area contributed by atoms with Crippen LogP contribution in [0.4, 0.5) is 0 Å². The lowest BCUT2D eigenvalue weighted by molar-refractivity contribution is -0.260. The average Bonchev–Trinajstić information content (AvgIpc) is 2.52. The minimum atomic E-state index is -1.77. The molecule has 0 amide bonds. The van der Waals surface area contributed by atoms with Crippen molar-refractivity contribution in [3.8, 4) is 0 Å². The van der Waals surface area contributed by atoms with Crippen LogP contribution in [0, 0.1) is 0 Å². The maximum atomic E-state index is 11.5. The smallest absolute Gasteiger partial charge is 0.308 e. The Morgan fingerprint density at radius 2 is 1.62 bits per heavy atom. The zero-order chi connectivity index (χ0) is 16.1. The number of carbonyl (C=O) groups excluding carboxylic acids is 1. The first-order chi connectivity index (χ1) is 10.1. The quantitative estimate of drug-likeness (QED) is 0.160. The van der Waals surface area contributed by atoms with Gasteiger partial charge in [-0.1, -0.05) is 53.4 Å². The zero-order valence-electron chi connectivity index (χ0n) is 14.6. The average molecular weight is 319 g/mol. The Kier molecular flexibility index (Phi) is 12.0. The van der Waals surface area contributed by atoms with Crippen LogP contribution >= 0.6 is 0 Å². The molecule has 0 aliphatic heterocycles. The van der Waals surface area contributed by atoms with Gasteiger partial charge in [0.2, 0.25) is 8.32 Å². The molecule has 0 saturated heterocycles. The van der Waals surface area contributed by atoms with Crippen molar-refractivity contribution in [3.63, 3.8) is 0 Å². The molecule has 0 aromatic carbocycles. The topological polar surface area (TPSA) is 44.8 Å². The number of rotatable bonds is 13. The van der Waals surface area contributed by atoms with Gasteiger partial charge in [-0.05, 0) is 24.6 Å². The number of methoxy groups -OCH3 is 1. The third kappa shape index (κ3) is 8.59. The first-order valence-corrected chi connectivity index (χ1v) is 11.0. The van der Waals surface area contributed by atoms with Crippen molar-refractivity contribution >= 4 is 14.3 Å². The SMILES string of the molecule is CCCCCCC(CC(=O)OC)OO[Si](CC)(CC)CC. The van der Waals surface area contributed by atoms with Gasteiger partial charge in [-0.25, -0.2) is 4.89 Å². The molecule has 0 aliphatic carbocycles. The van der Waals surface area contributed by atoms with Gasteiger partial charge in [0.15, 0.2) is 0 Å². The van der Waals surface area contributed by atoms with E-state index in [1.54, 1.807) is 0 Å². The molecule has 1 atom stereocenters. The molecule has 0 saturated carbocycles. The number of esters is 1. The summed E-state index contributed by atoms with van der Waals surface area (Å²) < 4.78 is 10.6. The predicted octanol–water partition coefficient (Wildman–Crippen LogP) is 4.84. The largest absolute Gasteiger partial charge is 0.469 e. The van der Waals surface area contributed by atoms with Crippen molar-refractivity contribution in [1.29, 1.82) is 0 Å². The van der Waals surface area contributed by atoms with E-state index in [1.807, 2.05) is 0 Å². The summed E-state index contributed by atoms with van der Waals surface area (Å²) in [6.07, 6.45) is 5.64. The van der Waals surface area contributed by atoms with Crippen LogP contribution in [-0.2, 0) is 19.0 Å². The lowest BCUT2D eigenvalue weighted by atomic mass is 10.1. The van der Waals surface area contributed by atoms with E-state index in [0.29, 0.717) is 0 Å². The fourth-order valence-electron chi connectivity index (χ4n) is 2.35. The summed E-state index contributed by atoms with van der Waals surface area (Å²) in [5, 5.41) is 0. The summed E-state index contributed by atoms with van der Waals surface area (Å²) in [6.45, 7) is 8.69. The summed E-state index contributed by atoms with van der Waals surface area (Å²) in [7, 11) is -0.353. The highest BCUT2D eigenvalue weighted by Crippen LogP contribution is 2.24. The van der Waals surface area contributed by atoms with Gasteiger partial charge in [0.1, 0.15) is 6.10 Å². The number of hydrogen-bond acceptors (Lipinski definition) is 4. The molecule has 0 rings (SSSR count). The van der Waals surface area contributed by atoms with Crippen molar-refractivity contribution in [3.05, 3.63) is 0 Å². The Morgan fingerprint density at radius 1 is 1.00 bits per heavy atom. The second kappa shape index (κ2) is 12.2. The van der Waals surface area contributed by atoms with E-state index in [4.69, 9.17) is 14.2 Å². The Morgan fingerprint density at radius 3 is 2.10 bits per heavy atom. The highest BCUT2D eigenvalue weighted by molar-refractivity contribution is 6.73. The van der Waals surface area contributed by atoms with Gasteiger partial charge < -0.3 is 4.74 Å². The van der Waals surface area contributed by atoms with Crippen molar-refractivity contribution in [1.82, 2.24) is 0 Å². The van der Waals surface area contributed by atoms with Gasteiger partial charge in [-0.15, -0.1) is 0 Å². The van der Waals surface area contributed by atoms with Crippen LogP contribution in [0.3, 0.4) is 0 Å². The first-order valence-electron chi connectivity index (χ1n) is 8.48. The molecule has 0 spiro atoms. The van der Waals surface area contributed by atoms with E-state index in [2.05, 4.69) is 27.7 Å². The number of carbonyl (C=O) groups is 1. The van der Waals surface area contributed by atoms with Crippen molar-refractivity contribution in [2.75, 3.05) is 7.11 Å². The van der Waals surface area contributed by atoms with Gasteiger partial charge in [-0.2, -0.15) is 0 Å². The maximum Gasteiger partial charge on any atom is 0.308 e. The Hall–Kier alpha value is -0.393. The van der Waals surface area contributed by atoms with E-state index in [9.17, 15) is 4.79 Å². The van der Waals surface area contributed by atoms with Crippen molar-refractivity contribution in [2.24, 2.45) is 0 Å². The van der Waals surface area contributed by atoms with Crippen LogP contribution in [0.1, 0.15) is 66.2 Å². The standard InChI is InChI=1S/C16H34O4Si/c1-6-10-11-12-13-15(14-16(17)18-5)19-20-21(7-2,8-3)9-4/h15H,6-14H2,1-5H3. The summed E-state index contributed by atoms with van der Waals surface area (Å²) in [6, 6.07) is 3.13. The lowest BCUT2D eigenvalue weighted by Crippen LogP contribution is -2.37. The molecule has 126 valence electrons. The minimum absolute atomic E-state index is 0.175. The van der Waals surface area contributed by atoms with Gasteiger partial charge in [0, 0.05) is 0 Å². The molecular formula is C16H34O4Si. The molecule has 4 nitrogen and oxygen atoms in total. The second-order valence-electron chi connectivity index (χ2n) is 5.67. The monoisotopic (exact) mass is 318 g/mol. The number of hydrogen-bond donors (Lipinski definition) is 0. The minimum Gasteiger partial charge on any atom is -0.469 e. The van der Waals surface area contributed by atoms with Crippen LogP contribution in [-0.4, -0.2) is 27.5 Å². The molecule has 0 radical (unpaired) electrons. The van der Waals surface area contributed by atoms with Crippen LogP contribution in [0.15, 0.2) is 0 Å². The highest BCUT2D eigenvalue weighted by atomic mass is 28.4. The molecule has 1 unspecified atom stereocenters. The van der Waals surface area contributed by atoms with Crippen LogP contribution in [0.2, 0.25) is 18.1 Å². The normalized spacial score (nSPS) is 13.2. The lowest BCUT2D eigenvalue weighted by Gasteiger charge is -2.28. The highest BCUT2D eigenvalue weighted by Gasteiger charge is 2.32. The third-order valence-electron chi connectivity index (χ3n) is 4.30. The van der Waals surface area contributed by atoms with Crippen LogP contribution < -0.4 is 0 Å². The second-order valence-corrected chi connectivity index (χ2v) is 10.3. The Balaban J connectivity index is 4.40. The van der Waals surface area contributed by atoms with Crippen LogP contribution in [0.25, 0.3) is 0 Å². The van der Waals surface area contributed by atoms with Crippen LogP contribution in [0.5, 0.6) is 0 Å². The molecule has 0 aliphatic rings. The predicted molar refractivity (Wildman–Crippen MR) is 88.5 cm³/mol. The number of ether oxygens (including phenoxy) is 1. The van der Waals surface area contributed by atoms with E-state index in [0.717, 1.165) is 31.0 Å². The van der Waals surface area contributed by atoms with E-state index in [-0.39, 0.29) is 18.5 Å². The molecular weight excluding hydrogens is 284 g/mol. The molecule has 0 fully saturated rings. The van der Waals surface area contributed by atoms with Crippen molar-refractivity contribution in [2.45, 2.75) is 90.5 Å². The summed E-state index contributed by atoms with van der Waals surface area (Å²) in [5.41, 5.74) is 0. The summed E-state index contributed by atoms with van der Waals surface area (Å²) >= 11 is 0. The fraction of sp³-hybridized carbons (Fsp3) is 0.938. The molecule has 0 N–H and O–H groups in total. The summed E-state index contributed by atoms with van der Waals surface area (Å²) in [4.78, 5) is 17.2. The molecule has 0 bridgehead atoms. The molecule has 5 heteroatoms. The summed E-state index contributed by atoms with van der Waals surface area (Å²) in [5.74, 6) is -0.226. The van der Waals surface area contributed by atoms with Gasteiger partial charge in [-0.3, -0.25) is 9.37 Å². The molecule has 0 heterocycles. The van der Waals surface area contributed by atoms with E-state index < -0.39 is 8.32 Å². The molecule has 0 aromatic rings. The van der Waals surface area contributed by atoms with Gasteiger partial charge in [0.05, 0.1) is 13.5 Å². The van der Waals surface area contributed by atoms with E-state index >= 15 is 0 Å². The number of unbranched alkanes of at least 4 members (excludes halogenated alkanes) is 3. The fourth-order valence-corrected chi connectivity index (χ4v) is 4.54. The molecule has 21 heavy (non-hydrogen) atoms. The van der Waals surface area contributed by atoms with Gasteiger partial charge >= 0.3 is 5.97 Å². The van der Waals surface area contributed by atoms with E-state index in [1.165, 1.54) is 26.4 Å². The zero-order valence-corrected chi connectivity index (χ0v) is 15.6. The maximum absolute atomic E-state index is 11.5.